The van der Waals surface area contributed by atoms with Gasteiger partial charge in [-0.05, 0) is 68.4 Å². The van der Waals surface area contributed by atoms with Gasteiger partial charge in [-0.2, -0.15) is 0 Å². The summed E-state index contributed by atoms with van der Waals surface area (Å²) in [5.41, 5.74) is 5.67. The second-order valence-electron chi connectivity index (χ2n) is 5.70. The van der Waals surface area contributed by atoms with Crippen LogP contribution < -0.4 is 0 Å². The zero-order valence-corrected chi connectivity index (χ0v) is 15.2. The summed E-state index contributed by atoms with van der Waals surface area (Å²) in [5.74, 6) is 0. The Labute approximate surface area is 138 Å². The first-order valence-electron chi connectivity index (χ1n) is 7.57. The number of unbranched alkanes of at least 4 members (excludes halogenated alkanes) is 1. The molecule has 0 atom stereocenters. The molecular formula is C19H27I. The molecule has 0 saturated carbocycles. The van der Waals surface area contributed by atoms with E-state index in [0.29, 0.717) is 0 Å². The summed E-state index contributed by atoms with van der Waals surface area (Å²) in [6, 6.07) is 9.07. The number of hydrogen-bond donors (Lipinski definition) is 0. The van der Waals surface area contributed by atoms with Crippen molar-refractivity contribution in [3.05, 3.63) is 52.6 Å². The second kappa shape index (κ2) is 10.2. The van der Waals surface area contributed by atoms with Crippen LogP contribution in [0.2, 0.25) is 0 Å². The Morgan fingerprint density at radius 3 is 2.35 bits per heavy atom. The van der Waals surface area contributed by atoms with E-state index >= 15 is 0 Å². The van der Waals surface area contributed by atoms with Crippen molar-refractivity contribution in [2.24, 2.45) is 0 Å². The third kappa shape index (κ3) is 7.88. The highest BCUT2D eigenvalue weighted by Gasteiger charge is 1.95. The van der Waals surface area contributed by atoms with Gasteiger partial charge in [0.1, 0.15) is 0 Å². The summed E-state index contributed by atoms with van der Waals surface area (Å²) in [6.07, 6.45) is 10.8. The van der Waals surface area contributed by atoms with Crippen molar-refractivity contribution in [2.45, 2.75) is 52.9 Å². The lowest BCUT2D eigenvalue weighted by atomic mass is 10.0. The molecule has 0 spiro atoms. The van der Waals surface area contributed by atoms with Gasteiger partial charge in [0.25, 0.3) is 0 Å². The minimum absolute atomic E-state index is 1.15. The number of benzene rings is 1. The van der Waals surface area contributed by atoms with E-state index in [1.54, 1.807) is 0 Å². The average molecular weight is 382 g/mol. The molecule has 0 aliphatic carbocycles. The zero-order chi connectivity index (χ0) is 14.8. The largest absolute Gasteiger partial charge is 0.0864 e. The normalized spacial score (nSPS) is 11.5. The van der Waals surface area contributed by atoms with Crippen LogP contribution >= 0.6 is 22.6 Å². The Kier molecular flexibility index (Phi) is 8.92. The van der Waals surface area contributed by atoms with Crippen molar-refractivity contribution in [3.63, 3.8) is 0 Å². The number of aryl methyl sites for hydroxylation is 1. The van der Waals surface area contributed by atoms with Crippen molar-refractivity contribution >= 4 is 28.7 Å². The van der Waals surface area contributed by atoms with Gasteiger partial charge in [0.05, 0.1) is 0 Å². The average Bonchev–Trinajstić information content (AvgIpc) is 2.40. The van der Waals surface area contributed by atoms with Crippen molar-refractivity contribution in [1.29, 1.82) is 0 Å². The highest BCUT2D eigenvalue weighted by Crippen LogP contribution is 2.14. The Bertz CT molecular complexity index is 433. The number of hydrogen-bond acceptors (Lipinski definition) is 0. The van der Waals surface area contributed by atoms with E-state index in [-0.39, 0.29) is 0 Å². The van der Waals surface area contributed by atoms with E-state index in [9.17, 15) is 0 Å². The van der Waals surface area contributed by atoms with Crippen LogP contribution in [-0.2, 0) is 6.42 Å². The molecule has 0 aliphatic heterocycles. The lowest BCUT2D eigenvalue weighted by molar-refractivity contribution is 0.809. The number of allylic oxidation sites excluding steroid dienone is 3. The molecule has 0 nitrogen and oxygen atoms in total. The van der Waals surface area contributed by atoms with Crippen molar-refractivity contribution < 1.29 is 0 Å². The molecule has 0 radical (unpaired) electrons. The Balaban J connectivity index is 2.48. The SMILES string of the molecule is CC(C)=CCCC(C)=Cc1ccc(CCCCI)cc1. The van der Waals surface area contributed by atoms with Crippen LogP contribution in [-0.4, -0.2) is 4.43 Å². The van der Waals surface area contributed by atoms with E-state index in [0.717, 1.165) is 12.8 Å². The standard InChI is InChI=1S/C19H27I/c1-16(2)7-6-8-17(3)15-19-12-10-18(11-13-19)9-4-5-14-20/h7,10-13,15H,4-6,8-9,14H2,1-3H3. The fraction of sp³-hybridized carbons (Fsp3) is 0.474. The minimum atomic E-state index is 1.15. The summed E-state index contributed by atoms with van der Waals surface area (Å²) < 4.78 is 1.27. The topological polar surface area (TPSA) is 0 Å². The van der Waals surface area contributed by atoms with Crippen LogP contribution in [0, 0.1) is 0 Å². The molecule has 0 N–H and O–H groups in total. The van der Waals surface area contributed by atoms with Gasteiger partial charge in [0.2, 0.25) is 0 Å². The van der Waals surface area contributed by atoms with Gasteiger partial charge in [-0.3, -0.25) is 0 Å². The fourth-order valence-electron chi connectivity index (χ4n) is 2.15. The molecule has 110 valence electrons. The maximum atomic E-state index is 2.45. The third-order valence-electron chi connectivity index (χ3n) is 3.33. The van der Waals surface area contributed by atoms with Crippen molar-refractivity contribution in [2.75, 3.05) is 4.43 Å². The van der Waals surface area contributed by atoms with Gasteiger partial charge in [0.15, 0.2) is 0 Å². The molecule has 0 saturated heterocycles. The lowest BCUT2D eigenvalue weighted by Gasteiger charge is -2.03. The molecule has 0 fully saturated rings. The van der Waals surface area contributed by atoms with Crippen LogP contribution in [0.1, 0.15) is 57.6 Å². The van der Waals surface area contributed by atoms with Crippen LogP contribution in [0.25, 0.3) is 6.08 Å². The van der Waals surface area contributed by atoms with Gasteiger partial charge in [0, 0.05) is 0 Å². The molecule has 1 heteroatoms. The van der Waals surface area contributed by atoms with Gasteiger partial charge < -0.3 is 0 Å². The monoisotopic (exact) mass is 382 g/mol. The molecule has 1 aromatic rings. The predicted molar refractivity (Wildman–Crippen MR) is 101 cm³/mol. The first kappa shape index (κ1) is 17.5. The van der Waals surface area contributed by atoms with E-state index < -0.39 is 0 Å². The highest BCUT2D eigenvalue weighted by atomic mass is 127. The zero-order valence-electron chi connectivity index (χ0n) is 13.1. The van der Waals surface area contributed by atoms with Gasteiger partial charge in [-0.15, -0.1) is 0 Å². The molecule has 0 aliphatic rings. The summed E-state index contributed by atoms with van der Waals surface area (Å²) in [5, 5.41) is 0. The molecule has 1 rings (SSSR count). The number of alkyl halides is 1. The lowest BCUT2D eigenvalue weighted by Crippen LogP contribution is -1.86. The Morgan fingerprint density at radius 2 is 1.75 bits per heavy atom. The van der Waals surface area contributed by atoms with Crippen LogP contribution in [0.15, 0.2) is 41.5 Å². The van der Waals surface area contributed by atoms with Crippen molar-refractivity contribution in [3.8, 4) is 0 Å². The number of rotatable bonds is 8. The van der Waals surface area contributed by atoms with E-state index in [1.807, 2.05) is 0 Å². The predicted octanol–water partition coefficient (Wildman–Crippen LogP) is 6.59. The summed E-state index contributed by atoms with van der Waals surface area (Å²) in [7, 11) is 0. The van der Waals surface area contributed by atoms with E-state index in [4.69, 9.17) is 0 Å². The van der Waals surface area contributed by atoms with Crippen LogP contribution in [0.3, 0.4) is 0 Å². The fourth-order valence-corrected chi connectivity index (χ4v) is 2.69. The first-order chi connectivity index (χ1) is 9.61. The second-order valence-corrected chi connectivity index (χ2v) is 6.78. The summed E-state index contributed by atoms with van der Waals surface area (Å²) >= 11 is 2.45. The molecule has 1 aromatic carbocycles. The maximum absolute atomic E-state index is 2.45. The Hall–Kier alpha value is -0.570. The molecule has 0 unspecified atom stereocenters. The van der Waals surface area contributed by atoms with E-state index in [2.05, 4.69) is 79.8 Å². The quantitative estimate of drug-likeness (QED) is 0.206. The molecule has 0 bridgehead atoms. The molecule has 20 heavy (non-hydrogen) atoms. The minimum Gasteiger partial charge on any atom is -0.0864 e. The smallest absolute Gasteiger partial charge is 0.000461 e. The summed E-state index contributed by atoms with van der Waals surface area (Å²) in [4.78, 5) is 0. The molecule has 0 amide bonds. The van der Waals surface area contributed by atoms with E-state index in [1.165, 1.54) is 46.0 Å². The van der Waals surface area contributed by atoms with Crippen molar-refractivity contribution in [1.82, 2.24) is 0 Å². The third-order valence-corrected chi connectivity index (χ3v) is 4.10. The van der Waals surface area contributed by atoms with Gasteiger partial charge in [-0.25, -0.2) is 0 Å². The number of halogens is 1. The molecule has 0 aromatic heterocycles. The van der Waals surface area contributed by atoms with Crippen LogP contribution in [0.4, 0.5) is 0 Å². The molecule has 0 heterocycles. The maximum Gasteiger partial charge on any atom is -0.000461 e. The van der Waals surface area contributed by atoms with Gasteiger partial charge >= 0.3 is 0 Å². The summed E-state index contributed by atoms with van der Waals surface area (Å²) in [6.45, 7) is 6.55. The first-order valence-corrected chi connectivity index (χ1v) is 9.10. The molecular weight excluding hydrogens is 355 g/mol. The Morgan fingerprint density at radius 1 is 1.05 bits per heavy atom. The van der Waals surface area contributed by atoms with Gasteiger partial charge in [-0.1, -0.05) is 70.2 Å². The highest BCUT2D eigenvalue weighted by molar-refractivity contribution is 14.1. The van der Waals surface area contributed by atoms with Crippen LogP contribution in [0.5, 0.6) is 0 Å².